The molecule has 5 heteroatoms. The Balaban J connectivity index is 2.01. The number of piperidine rings is 1. The Labute approximate surface area is 123 Å². The molecular weight excluding hydrogens is 283 g/mol. The van der Waals surface area contributed by atoms with Gasteiger partial charge in [-0.2, -0.15) is 0 Å². The first-order chi connectivity index (χ1) is 9.11. The number of rotatable bonds is 3. The van der Waals surface area contributed by atoms with Crippen LogP contribution < -0.4 is 0 Å². The first kappa shape index (κ1) is 14.6. The molecule has 1 saturated heterocycles. The first-order valence-corrected chi connectivity index (χ1v) is 7.48. The van der Waals surface area contributed by atoms with Gasteiger partial charge in [-0.25, -0.2) is 4.98 Å². The molecule has 1 aromatic rings. The van der Waals surface area contributed by atoms with E-state index in [9.17, 15) is 4.79 Å². The van der Waals surface area contributed by atoms with Gasteiger partial charge in [-0.3, -0.25) is 4.79 Å². The van der Waals surface area contributed by atoms with Crippen molar-refractivity contribution >= 4 is 29.1 Å². The smallest absolute Gasteiger partial charge is 0.256 e. The molecule has 1 aliphatic heterocycles. The number of pyridine rings is 1. The standard InChI is InChI=1S/C14H18Cl2N2O/c1-2-3-10-6-8-18(9-7-10)14(19)11-4-5-12(15)17-13(11)16/h4-5,10H,2-3,6-9H2,1H3. The highest BCUT2D eigenvalue weighted by Gasteiger charge is 2.24. The molecule has 0 aromatic carbocycles. The third kappa shape index (κ3) is 3.61. The van der Waals surface area contributed by atoms with Crippen molar-refractivity contribution in [3.05, 3.63) is 28.0 Å². The third-order valence-corrected chi connectivity index (χ3v) is 4.14. The lowest BCUT2D eigenvalue weighted by Crippen LogP contribution is -2.38. The van der Waals surface area contributed by atoms with Gasteiger partial charge >= 0.3 is 0 Å². The van der Waals surface area contributed by atoms with Gasteiger partial charge in [0.2, 0.25) is 0 Å². The quantitative estimate of drug-likeness (QED) is 0.789. The summed E-state index contributed by atoms with van der Waals surface area (Å²) in [7, 11) is 0. The summed E-state index contributed by atoms with van der Waals surface area (Å²) in [6, 6.07) is 3.25. The Morgan fingerprint density at radius 1 is 1.37 bits per heavy atom. The van der Waals surface area contributed by atoms with Crippen LogP contribution in [0.4, 0.5) is 0 Å². The van der Waals surface area contributed by atoms with Gasteiger partial charge in [0, 0.05) is 13.1 Å². The summed E-state index contributed by atoms with van der Waals surface area (Å²) in [4.78, 5) is 18.1. The van der Waals surface area contributed by atoms with E-state index >= 15 is 0 Å². The molecule has 2 heterocycles. The molecule has 19 heavy (non-hydrogen) atoms. The Hall–Kier alpha value is -0.800. The summed E-state index contributed by atoms with van der Waals surface area (Å²) in [5.41, 5.74) is 0.444. The van der Waals surface area contributed by atoms with Gasteiger partial charge < -0.3 is 4.90 Å². The molecule has 0 spiro atoms. The van der Waals surface area contributed by atoms with Crippen LogP contribution in [0.2, 0.25) is 10.3 Å². The van der Waals surface area contributed by atoms with Crippen LogP contribution in [0, 0.1) is 5.92 Å². The van der Waals surface area contributed by atoms with Gasteiger partial charge in [-0.15, -0.1) is 0 Å². The summed E-state index contributed by atoms with van der Waals surface area (Å²) in [6.45, 7) is 3.82. The van der Waals surface area contributed by atoms with Crippen molar-refractivity contribution in [2.24, 2.45) is 5.92 Å². The van der Waals surface area contributed by atoms with Gasteiger partial charge in [0.25, 0.3) is 5.91 Å². The Bertz CT molecular complexity index is 457. The number of nitrogens with zero attached hydrogens (tertiary/aromatic N) is 2. The van der Waals surface area contributed by atoms with Crippen molar-refractivity contribution < 1.29 is 4.79 Å². The van der Waals surface area contributed by atoms with E-state index in [0.29, 0.717) is 10.7 Å². The first-order valence-electron chi connectivity index (χ1n) is 6.73. The largest absolute Gasteiger partial charge is 0.339 e. The van der Waals surface area contributed by atoms with Gasteiger partial charge in [-0.1, -0.05) is 43.0 Å². The molecule has 1 aliphatic rings. The zero-order valence-electron chi connectivity index (χ0n) is 11.0. The van der Waals surface area contributed by atoms with Crippen molar-refractivity contribution in [1.82, 2.24) is 9.88 Å². The number of amides is 1. The highest BCUT2D eigenvalue weighted by Crippen LogP contribution is 2.24. The number of likely N-dealkylation sites (tertiary alicyclic amines) is 1. The van der Waals surface area contributed by atoms with E-state index in [0.717, 1.165) is 31.8 Å². The minimum Gasteiger partial charge on any atom is -0.339 e. The molecular formula is C14H18Cl2N2O. The average molecular weight is 301 g/mol. The van der Waals surface area contributed by atoms with Crippen molar-refractivity contribution in [2.45, 2.75) is 32.6 Å². The van der Waals surface area contributed by atoms with Crippen molar-refractivity contribution in [3.63, 3.8) is 0 Å². The van der Waals surface area contributed by atoms with Gasteiger partial charge in [-0.05, 0) is 30.9 Å². The summed E-state index contributed by atoms with van der Waals surface area (Å²) < 4.78 is 0. The molecule has 1 fully saturated rings. The predicted octanol–water partition coefficient (Wildman–Crippen LogP) is 4.04. The molecule has 0 radical (unpaired) electrons. The Morgan fingerprint density at radius 2 is 2.05 bits per heavy atom. The molecule has 1 aromatic heterocycles. The summed E-state index contributed by atoms with van der Waals surface area (Å²) in [5, 5.41) is 0.497. The van der Waals surface area contributed by atoms with Crippen molar-refractivity contribution in [3.8, 4) is 0 Å². The maximum Gasteiger partial charge on any atom is 0.256 e. The van der Waals surface area contributed by atoms with E-state index in [1.54, 1.807) is 12.1 Å². The number of carbonyl (C=O) groups is 1. The van der Waals surface area contributed by atoms with Gasteiger partial charge in [0.05, 0.1) is 5.56 Å². The van der Waals surface area contributed by atoms with Gasteiger partial charge in [0.1, 0.15) is 10.3 Å². The summed E-state index contributed by atoms with van der Waals surface area (Å²) >= 11 is 11.7. The molecule has 0 saturated carbocycles. The monoisotopic (exact) mass is 300 g/mol. The van der Waals surface area contributed by atoms with E-state index < -0.39 is 0 Å². The van der Waals surface area contributed by atoms with Crippen molar-refractivity contribution in [2.75, 3.05) is 13.1 Å². The maximum atomic E-state index is 12.4. The molecule has 1 amide bonds. The molecule has 0 atom stereocenters. The normalized spacial score (nSPS) is 16.7. The molecule has 0 unspecified atom stereocenters. The fourth-order valence-corrected chi connectivity index (χ4v) is 3.00. The SMILES string of the molecule is CCCC1CCN(C(=O)c2ccc(Cl)nc2Cl)CC1. The maximum absolute atomic E-state index is 12.4. The van der Waals surface area contributed by atoms with Crippen molar-refractivity contribution in [1.29, 1.82) is 0 Å². The minimum absolute atomic E-state index is 0.0379. The number of carbonyl (C=O) groups excluding carboxylic acids is 1. The number of halogens is 2. The van der Waals surface area contributed by atoms with E-state index in [-0.39, 0.29) is 11.1 Å². The highest BCUT2D eigenvalue weighted by atomic mass is 35.5. The van der Waals surface area contributed by atoms with E-state index in [1.165, 1.54) is 12.8 Å². The van der Waals surface area contributed by atoms with Crippen LogP contribution in [0.15, 0.2) is 12.1 Å². The van der Waals surface area contributed by atoms with E-state index in [1.807, 2.05) is 4.90 Å². The predicted molar refractivity (Wildman–Crippen MR) is 77.8 cm³/mol. The summed E-state index contributed by atoms with van der Waals surface area (Å²) in [5.74, 6) is 0.719. The van der Waals surface area contributed by atoms with Crippen LogP contribution in [0.3, 0.4) is 0 Å². The number of hydrogen-bond donors (Lipinski definition) is 0. The lowest BCUT2D eigenvalue weighted by atomic mass is 9.92. The Morgan fingerprint density at radius 3 is 2.63 bits per heavy atom. The zero-order valence-corrected chi connectivity index (χ0v) is 12.5. The highest BCUT2D eigenvalue weighted by molar-refractivity contribution is 6.34. The number of hydrogen-bond acceptors (Lipinski definition) is 2. The Kier molecular flexibility index (Phi) is 5.06. The molecule has 0 aliphatic carbocycles. The zero-order chi connectivity index (χ0) is 13.8. The van der Waals surface area contributed by atoms with Crippen LogP contribution in [0.1, 0.15) is 43.0 Å². The van der Waals surface area contributed by atoms with Crippen LogP contribution in [0.5, 0.6) is 0 Å². The van der Waals surface area contributed by atoms with E-state index in [4.69, 9.17) is 23.2 Å². The second-order valence-electron chi connectivity index (χ2n) is 5.00. The average Bonchev–Trinajstić information content (AvgIpc) is 2.39. The van der Waals surface area contributed by atoms with Gasteiger partial charge in [0.15, 0.2) is 0 Å². The molecule has 3 nitrogen and oxygen atoms in total. The van der Waals surface area contributed by atoms with Crippen LogP contribution >= 0.6 is 23.2 Å². The molecule has 0 N–H and O–H groups in total. The fraction of sp³-hybridized carbons (Fsp3) is 0.571. The lowest BCUT2D eigenvalue weighted by molar-refractivity contribution is 0.0686. The molecule has 2 rings (SSSR count). The molecule has 104 valence electrons. The summed E-state index contributed by atoms with van der Waals surface area (Å²) in [6.07, 6.45) is 4.63. The van der Waals surface area contributed by atoms with Crippen LogP contribution in [-0.4, -0.2) is 28.9 Å². The second kappa shape index (κ2) is 6.58. The second-order valence-corrected chi connectivity index (χ2v) is 5.74. The fourth-order valence-electron chi connectivity index (χ4n) is 2.57. The van der Waals surface area contributed by atoms with Crippen LogP contribution in [-0.2, 0) is 0 Å². The lowest BCUT2D eigenvalue weighted by Gasteiger charge is -2.32. The molecule has 0 bridgehead atoms. The number of aromatic nitrogens is 1. The topological polar surface area (TPSA) is 33.2 Å². The van der Waals surface area contributed by atoms with Crippen LogP contribution in [0.25, 0.3) is 0 Å². The van der Waals surface area contributed by atoms with E-state index in [2.05, 4.69) is 11.9 Å². The minimum atomic E-state index is -0.0379. The third-order valence-electron chi connectivity index (χ3n) is 3.64.